The van der Waals surface area contributed by atoms with Crippen LogP contribution in [0.5, 0.6) is 11.5 Å². The summed E-state index contributed by atoms with van der Waals surface area (Å²) in [7, 11) is 0. The van der Waals surface area contributed by atoms with Gasteiger partial charge in [0, 0.05) is 18.7 Å². The van der Waals surface area contributed by atoms with E-state index >= 15 is 0 Å². The standard InChI is InChI=1S/C18H15NO4/c20-17-13-5-6-15-14(9-19(10-22-15)11-3-4-11)18(13)23-16(17)8-12-2-1-7-21-12/h1-2,5-8,11H,3-4,9-10H2/b16-8-. The summed E-state index contributed by atoms with van der Waals surface area (Å²) in [6, 6.07) is 7.83. The molecule has 1 aromatic carbocycles. The topological polar surface area (TPSA) is 51.9 Å². The minimum Gasteiger partial charge on any atom is -0.478 e. The Morgan fingerprint density at radius 2 is 2.13 bits per heavy atom. The molecule has 0 amide bonds. The predicted molar refractivity (Wildman–Crippen MR) is 82.1 cm³/mol. The van der Waals surface area contributed by atoms with Gasteiger partial charge in [0.2, 0.25) is 5.78 Å². The molecule has 1 aromatic heterocycles. The number of nitrogens with zero attached hydrogens (tertiary/aromatic N) is 1. The first-order chi connectivity index (χ1) is 11.3. The summed E-state index contributed by atoms with van der Waals surface area (Å²) in [6.45, 7) is 1.38. The van der Waals surface area contributed by atoms with Gasteiger partial charge in [0.1, 0.15) is 24.0 Å². The Kier molecular flexibility index (Phi) is 2.67. The molecule has 5 rings (SSSR count). The molecule has 3 heterocycles. The first kappa shape index (κ1) is 13.0. The number of allylic oxidation sites excluding steroid dienone is 1. The summed E-state index contributed by atoms with van der Waals surface area (Å²) < 4.78 is 17.0. The van der Waals surface area contributed by atoms with E-state index in [-0.39, 0.29) is 5.78 Å². The van der Waals surface area contributed by atoms with Crippen molar-refractivity contribution in [3.63, 3.8) is 0 Å². The summed E-state index contributed by atoms with van der Waals surface area (Å²) in [4.78, 5) is 14.8. The van der Waals surface area contributed by atoms with E-state index in [1.165, 1.54) is 12.8 Å². The largest absolute Gasteiger partial charge is 0.478 e. The number of ketones is 1. The van der Waals surface area contributed by atoms with Crippen LogP contribution in [-0.2, 0) is 6.54 Å². The average molecular weight is 309 g/mol. The monoisotopic (exact) mass is 309 g/mol. The molecule has 0 N–H and O–H groups in total. The number of Topliss-reactive ketones (excluding diaryl/α,β-unsaturated/α-hetero) is 1. The van der Waals surface area contributed by atoms with Gasteiger partial charge in [0.15, 0.2) is 5.76 Å². The molecule has 5 heteroatoms. The molecule has 0 atom stereocenters. The molecule has 0 unspecified atom stereocenters. The molecule has 116 valence electrons. The van der Waals surface area contributed by atoms with Gasteiger partial charge in [0.05, 0.1) is 17.4 Å². The van der Waals surface area contributed by atoms with Crippen LogP contribution in [0.15, 0.2) is 40.7 Å². The number of carbonyl (C=O) groups excluding carboxylic acids is 1. The van der Waals surface area contributed by atoms with Gasteiger partial charge >= 0.3 is 0 Å². The van der Waals surface area contributed by atoms with Crippen LogP contribution in [-0.4, -0.2) is 23.5 Å². The molecule has 23 heavy (non-hydrogen) atoms. The van der Waals surface area contributed by atoms with Crippen molar-refractivity contribution in [2.24, 2.45) is 0 Å². The average Bonchev–Trinajstić information content (AvgIpc) is 3.21. The number of ether oxygens (including phenoxy) is 2. The summed E-state index contributed by atoms with van der Waals surface area (Å²) in [6.07, 6.45) is 5.65. The number of furan rings is 1. The lowest BCUT2D eigenvalue weighted by molar-refractivity contribution is 0.0868. The van der Waals surface area contributed by atoms with E-state index in [2.05, 4.69) is 4.90 Å². The van der Waals surface area contributed by atoms with E-state index in [1.54, 1.807) is 30.5 Å². The highest BCUT2D eigenvalue weighted by Crippen LogP contribution is 2.43. The molecule has 5 nitrogen and oxygen atoms in total. The smallest absolute Gasteiger partial charge is 0.232 e. The predicted octanol–water partition coefficient (Wildman–Crippen LogP) is 3.21. The minimum atomic E-state index is -0.109. The second-order valence-electron chi connectivity index (χ2n) is 6.13. The van der Waals surface area contributed by atoms with E-state index in [0.717, 1.165) is 17.9 Å². The van der Waals surface area contributed by atoms with Gasteiger partial charge in [-0.2, -0.15) is 0 Å². The summed E-state index contributed by atoms with van der Waals surface area (Å²) >= 11 is 0. The minimum absolute atomic E-state index is 0.109. The highest BCUT2D eigenvalue weighted by molar-refractivity contribution is 6.14. The lowest BCUT2D eigenvalue weighted by Gasteiger charge is -2.29. The fraction of sp³-hybridized carbons (Fsp3) is 0.278. The first-order valence-corrected chi connectivity index (χ1v) is 7.80. The van der Waals surface area contributed by atoms with Crippen LogP contribution >= 0.6 is 0 Å². The maximum Gasteiger partial charge on any atom is 0.232 e. The molecule has 1 aliphatic carbocycles. The third kappa shape index (κ3) is 2.08. The van der Waals surface area contributed by atoms with Gasteiger partial charge in [-0.15, -0.1) is 0 Å². The van der Waals surface area contributed by atoms with Crippen LogP contribution in [0.1, 0.15) is 34.5 Å². The molecule has 1 fully saturated rings. The van der Waals surface area contributed by atoms with Gasteiger partial charge in [-0.25, -0.2) is 0 Å². The van der Waals surface area contributed by atoms with E-state index < -0.39 is 0 Å². The van der Waals surface area contributed by atoms with Crippen LogP contribution in [0.25, 0.3) is 6.08 Å². The van der Waals surface area contributed by atoms with Crippen molar-refractivity contribution in [1.29, 1.82) is 0 Å². The molecule has 1 saturated carbocycles. The van der Waals surface area contributed by atoms with Gasteiger partial charge in [-0.05, 0) is 37.1 Å². The molecule has 0 spiro atoms. The van der Waals surface area contributed by atoms with Gasteiger partial charge in [-0.3, -0.25) is 9.69 Å². The first-order valence-electron chi connectivity index (χ1n) is 7.80. The van der Waals surface area contributed by atoms with Crippen molar-refractivity contribution in [2.45, 2.75) is 25.4 Å². The fourth-order valence-electron chi connectivity index (χ4n) is 3.15. The normalized spacial score (nSPS) is 21.7. The second kappa shape index (κ2) is 4.73. The number of hydrogen-bond acceptors (Lipinski definition) is 5. The third-order valence-corrected chi connectivity index (χ3v) is 4.52. The molecular formula is C18H15NO4. The number of benzene rings is 1. The Morgan fingerprint density at radius 3 is 2.91 bits per heavy atom. The van der Waals surface area contributed by atoms with Crippen LogP contribution in [0.2, 0.25) is 0 Å². The Labute approximate surface area is 133 Å². The lowest BCUT2D eigenvalue weighted by atomic mass is 10.0. The van der Waals surface area contributed by atoms with Crippen LogP contribution < -0.4 is 9.47 Å². The lowest BCUT2D eigenvalue weighted by Crippen LogP contribution is -2.33. The number of carbonyl (C=O) groups is 1. The van der Waals surface area contributed by atoms with E-state index in [1.807, 2.05) is 6.07 Å². The Hall–Kier alpha value is -2.53. The summed E-state index contributed by atoms with van der Waals surface area (Å²) in [5.41, 5.74) is 1.57. The number of rotatable bonds is 2. The molecule has 0 radical (unpaired) electrons. The van der Waals surface area contributed by atoms with E-state index in [4.69, 9.17) is 13.9 Å². The molecule has 2 aromatic rings. The molecule has 3 aliphatic rings. The van der Waals surface area contributed by atoms with Gasteiger partial charge < -0.3 is 13.9 Å². The van der Waals surface area contributed by atoms with Crippen LogP contribution in [0, 0.1) is 0 Å². The molecule has 0 saturated heterocycles. The summed E-state index contributed by atoms with van der Waals surface area (Å²) in [5.74, 6) is 2.24. The van der Waals surface area contributed by atoms with Crippen molar-refractivity contribution in [2.75, 3.05) is 6.73 Å². The van der Waals surface area contributed by atoms with Crippen molar-refractivity contribution in [3.05, 3.63) is 53.2 Å². The zero-order valence-electron chi connectivity index (χ0n) is 12.5. The highest BCUT2D eigenvalue weighted by Gasteiger charge is 2.37. The molecule has 2 aliphatic heterocycles. The van der Waals surface area contributed by atoms with E-state index in [0.29, 0.717) is 35.6 Å². The highest BCUT2D eigenvalue weighted by atomic mass is 16.5. The Balaban J connectivity index is 1.53. The SMILES string of the molecule is O=C1/C(=C/c2ccco2)Oc2c1ccc1c2CN(C2CC2)CO1. The molecule has 0 bridgehead atoms. The Bertz CT molecular complexity index is 818. The van der Waals surface area contributed by atoms with Crippen molar-refractivity contribution >= 4 is 11.9 Å². The van der Waals surface area contributed by atoms with Crippen LogP contribution in [0.3, 0.4) is 0 Å². The fourth-order valence-corrected chi connectivity index (χ4v) is 3.15. The number of hydrogen-bond donors (Lipinski definition) is 0. The molecular weight excluding hydrogens is 294 g/mol. The second-order valence-corrected chi connectivity index (χ2v) is 6.13. The van der Waals surface area contributed by atoms with E-state index in [9.17, 15) is 4.79 Å². The third-order valence-electron chi connectivity index (χ3n) is 4.52. The van der Waals surface area contributed by atoms with Crippen molar-refractivity contribution in [3.8, 4) is 11.5 Å². The maximum atomic E-state index is 12.5. The van der Waals surface area contributed by atoms with Gasteiger partial charge in [0.25, 0.3) is 0 Å². The van der Waals surface area contributed by atoms with Crippen LogP contribution in [0.4, 0.5) is 0 Å². The zero-order chi connectivity index (χ0) is 15.4. The Morgan fingerprint density at radius 1 is 1.22 bits per heavy atom. The number of fused-ring (bicyclic) bond motifs is 3. The quantitative estimate of drug-likeness (QED) is 0.797. The van der Waals surface area contributed by atoms with Crippen molar-refractivity contribution in [1.82, 2.24) is 4.90 Å². The van der Waals surface area contributed by atoms with Crippen molar-refractivity contribution < 1.29 is 18.7 Å². The van der Waals surface area contributed by atoms with Gasteiger partial charge in [-0.1, -0.05) is 0 Å². The zero-order valence-corrected chi connectivity index (χ0v) is 12.5. The summed E-state index contributed by atoms with van der Waals surface area (Å²) in [5, 5.41) is 0. The maximum absolute atomic E-state index is 12.5.